The van der Waals surface area contributed by atoms with Crippen molar-refractivity contribution < 1.29 is 9.47 Å². The van der Waals surface area contributed by atoms with E-state index in [2.05, 4.69) is 38.7 Å². The highest BCUT2D eigenvalue weighted by atomic mass is 16.5. The molecule has 0 saturated heterocycles. The molecule has 0 amide bonds. The fourth-order valence-electron chi connectivity index (χ4n) is 1.89. The number of methoxy groups -OCH3 is 1. The molecule has 1 aromatic carbocycles. The Kier molecular flexibility index (Phi) is 7.62. The Labute approximate surface area is 128 Å². The minimum atomic E-state index is 0.476. The van der Waals surface area contributed by atoms with Gasteiger partial charge >= 0.3 is 0 Å². The van der Waals surface area contributed by atoms with E-state index in [-0.39, 0.29) is 0 Å². The summed E-state index contributed by atoms with van der Waals surface area (Å²) < 4.78 is 11.0. The SMILES string of the molecule is C=CCOc1ccc(C=C(CC)CNC(C)C)cc1OC. The molecule has 0 unspecified atom stereocenters. The van der Waals surface area contributed by atoms with Crippen molar-refractivity contribution in [2.75, 3.05) is 20.3 Å². The standard InChI is InChI=1S/C18H27NO2/c1-6-10-21-17-9-8-16(12-18(17)20-5)11-15(7-2)13-19-14(3)4/h6,8-9,11-12,14,19H,1,7,10,13H2,2-5H3. The molecular weight excluding hydrogens is 262 g/mol. The molecule has 21 heavy (non-hydrogen) atoms. The van der Waals surface area contributed by atoms with E-state index in [1.54, 1.807) is 13.2 Å². The zero-order chi connectivity index (χ0) is 15.7. The fraction of sp³-hybridized carbons (Fsp3) is 0.444. The lowest BCUT2D eigenvalue weighted by atomic mass is 10.1. The number of hydrogen-bond donors (Lipinski definition) is 1. The largest absolute Gasteiger partial charge is 0.493 e. The predicted octanol–water partition coefficient (Wildman–Crippen LogP) is 4.05. The Morgan fingerprint density at radius 3 is 2.67 bits per heavy atom. The highest BCUT2D eigenvalue weighted by Gasteiger charge is 2.05. The third-order valence-electron chi connectivity index (χ3n) is 3.11. The van der Waals surface area contributed by atoms with Crippen LogP contribution >= 0.6 is 0 Å². The molecule has 0 aliphatic rings. The summed E-state index contributed by atoms with van der Waals surface area (Å²) in [5.41, 5.74) is 2.49. The zero-order valence-electron chi connectivity index (χ0n) is 13.6. The lowest BCUT2D eigenvalue weighted by Gasteiger charge is -2.12. The first-order valence-electron chi connectivity index (χ1n) is 7.45. The summed E-state index contributed by atoms with van der Waals surface area (Å²) >= 11 is 0. The summed E-state index contributed by atoms with van der Waals surface area (Å²) in [5.74, 6) is 1.49. The maximum atomic E-state index is 5.57. The molecule has 0 radical (unpaired) electrons. The second kappa shape index (κ2) is 9.24. The number of nitrogens with one attached hydrogen (secondary N) is 1. The van der Waals surface area contributed by atoms with Crippen LogP contribution < -0.4 is 14.8 Å². The molecule has 0 saturated carbocycles. The topological polar surface area (TPSA) is 30.5 Å². The Hall–Kier alpha value is -1.74. The highest BCUT2D eigenvalue weighted by Crippen LogP contribution is 2.29. The molecule has 1 aromatic rings. The Morgan fingerprint density at radius 1 is 1.33 bits per heavy atom. The quantitative estimate of drug-likeness (QED) is 0.696. The molecule has 0 heterocycles. The molecule has 0 spiro atoms. The molecule has 116 valence electrons. The molecule has 0 bridgehead atoms. The minimum Gasteiger partial charge on any atom is -0.493 e. The molecule has 0 fully saturated rings. The first-order chi connectivity index (χ1) is 10.1. The van der Waals surface area contributed by atoms with Crippen molar-refractivity contribution in [3.63, 3.8) is 0 Å². The first-order valence-corrected chi connectivity index (χ1v) is 7.45. The van der Waals surface area contributed by atoms with Crippen LogP contribution in [0.3, 0.4) is 0 Å². The number of hydrogen-bond acceptors (Lipinski definition) is 3. The first kappa shape index (κ1) is 17.3. The maximum absolute atomic E-state index is 5.57. The van der Waals surface area contributed by atoms with Crippen molar-refractivity contribution >= 4 is 6.08 Å². The van der Waals surface area contributed by atoms with Crippen LogP contribution in [-0.2, 0) is 0 Å². The van der Waals surface area contributed by atoms with Crippen molar-refractivity contribution in [2.24, 2.45) is 0 Å². The van der Waals surface area contributed by atoms with Crippen LogP contribution in [0.2, 0.25) is 0 Å². The second-order valence-electron chi connectivity index (χ2n) is 5.20. The van der Waals surface area contributed by atoms with Gasteiger partial charge in [0.1, 0.15) is 6.61 Å². The molecule has 0 aliphatic carbocycles. The van der Waals surface area contributed by atoms with Crippen LogP contribution in [-0.4, -0.2) is 26.3 Å². The summed E-state index contributed by atoms with van der Waals surface area (Å²) in [6, 6.07) is 6.48. The monoisotopic (exact) mass is 289 g/mol. The third kappa shape index (κ3) is 6.05. The van der Waals surface area contributed by atoms with E-state index in [0.717, 1.165) is 30.0 Å². The third-order valence-corrected chi connectivity index (χ3v) is 3.11. The molecule has 0 atom stereocenters. The van der Waals surface area contributed by atoms with Gasteiger partial charge in [0, 0.05) is 12.6 Å². The lowest BCUT2D eigenvalue weighted by molar-refractivity contribution is 0.326. The van der Waals surface area contributed by atoms with Crippen molar-refractivity contribution in [3.8, 4) is 11.5 Å². The van der Waals surface area contributed by atoms with E-state index < -0.39 is 0 Å². The van der Waals surface area contributed by atoms with E-state index in [9.17, 15) is 0 Å². The van der Waals surface area contributed by atoms with Crippen LogP contribution in [0.5, 0.6) is 11.5 Å². The highest BCUT2D eigenvalue weighted by molar-refractivity contribution is 5.58. The zero-order valence-corrected chi connectivity index (χ0v) is 13.6. The van der Waals surface area contributed by atoms with E-state index in [1.807, 2.05) is 18.2 Å². The molecule has 1 N–H and O–H groups in total. The van der Waals surface area contributed by atoms with Crippen molar-refractivity contribution in [1.29, 1.82) is 0 Å². The normalized spacial score (nSPS) is 11.6. The average Bonchev–Trinajstić information content (AvgIpc) is 2.49. The summed E-state index contributed by atoms with van der Waals surface area (Å²) in [7, 11) is 1.66. The number of benzene rings is 1. The smallest absolute Gasteiger partial charge is 0.161 e. The molecule has 3 nitrogen and oxygen atoms in total. The molecule has 1 rings (SSSR count). The number of ether oxygens (including phenoxy) is 2. The van der Waals surface area contributed by atoms with Gasteiger partial charge in [-0.2, -0.15) is 0 Å². The summed E-state index contributed by atoms with van der Waals surface area (Å²) in [6.45, 7) is 11.5. The summed E-state index contributed by atoms with van der Waals surface area (Å²) in [6.07, 6.45) is 4.95. The van der Waals surface area contributed by atoms with Gasteiger partial charge in [-0.25, -0.2) is 0 Å². The maximum Gasteiger partial charge on any atom is 0.161 e. The molecule has 0 aliphatic heterocycles. The average molecular weight is 289 g/mol. The summed E-state index contributed by atoms with van der Waals surface area (Å²) in [5, 5.41) is 3.45. The van der Waals surface area contributed by atoms with Gasteiger partial charge in [0.15, 0.2) is 11.5 Å². The Bertz CT molecular complexity index is 478. The van der Waals surface area contributed by atoms with Gasteiger partial charge in [-0.15, -0.1) is 0 Å². The van der Waals surface area contributed by atoms with Crippen LogP contribution in [0.4, 0.5) is 0 Å². The van der Waals surface area contributed by atoms with Crippen molar-refractivity contribution in [2.45, 2.75) is 33.2 Å². The van der Waals surface area contributed by atoms with Gasteiger partial charge in [-0.3, -0.25) is 0 Å². The molecular formula is C18H27NO2. The van der Waals surface area contributed by atoms with Crippen LogP contribution in [0, 0.1) is 0 Å². The lowest BCUT2D eigenvalue weighted by Crippen LogP contribution is -2.24. The van der Waals surface area contributed by atoms with E-state index in [4.69, 9.17) is 9.47 Å². The molecule has 3 heteroatoms. The predicted molar refractivity (Wildman–Crippen MR) is 90.1 cm³/mol. The molecule has 0 aromatic heterocycles. The van der Waals surface area contributed by atoms with Gasteiger partial charge in [0.2, 0.25) is 0 Å². The number of rotatable bonds is 9. The van der Waals surface area contributed by atoms with Crippen molar-refractivity contribution in [1.82, 2.24) is 5.32 Å². The van der Waals surface area contributed by atoms with E-state index in [0.29, 0.717) is 12.6 Å². The van der Waals surface area contributed by atoms with Gasteiger partial charge in [0.25, 0.3) is 0 Å². The van der Waals surface area contributed by atoms with Gasteiger partial charge in [0.05, 0.1) is 7.11 Å². The van der Waals surface area contributed by atoms with E-state index in [1.165, 1.54) is 5.57 Å². The van der Waals surface area contributed by atoms with Gasteiger partial charge in [-0.05, 0) is 24.1 Å². The van der Waals surface area contributed by atoms with Crippen LogP contribution in [0.1, 0.15) is 32.8 Å². The van der Waals surface area contributed by atoms with Gasteiger partial charge < -0.3 is 14.8 Å². The van der Waals surface area contributed by atoms with Crippen LogP contribution in [0.15, 0.2) is 36.4 Å². The second-order valence-corrected chi connectivity index (χ2v) is 5.20. The van der Waals surface area contributed by atoms with Gasteiger partial charge in [-0.1, -0.05) is 51.1 Å². The van der Waals surface area contributed by atoms with E-state index >= 15 is 0 Å². The summed E-state index contributed by atoms with van der Waals surface area (Å²) in [4.78, 5) is 0. The fourth-order valence-corrected chi connectivity index (χ4v) is 1.89. The Balaban J connectivity index is 2.88. The van der Waals surface area contributed by atoms with Crippen molar-refractivity contribution in [3.05, 3.63) is 42.0 Å². The Morgan fingerprint density at radius 2 is 2.10 bits per heavy atom. The minimum absolute atomic E-state index is 0.476. The van der Waals surface area contributed by atoms with Crippen LogP contribution in [0.25, 0.3) is 6.08 Å².